The molecule has 1 aromatic carbocycles. The minimum atomic E-state index is -3.38. The molecular formula is C13H19NO2S. The van der Waals surface area contributed by atoms with Gasteiger partial charge in [0.25, 0.3) is 0 Å². The molecule has 0 saturated carbocycles. The van der Waals surface area contributed by atoms with Crippen molar-refractivity contribution in [2.75, 3.05) is 13.6 Å². The molecule has 0 radical (unpaired) electrons. The number of hydrogen-bond donors (Lipinski definition) is 0. The summed E-state index contributed by atoms with van der Waals surface area (Å²) < 4.78 is 25.4. The highest BCUT2D eigenvalue weighted by molar-refractivity contribution is 7.89. The third kappa shape index (κ3) is 3.17. The molecule has 0 aliphatic rings. The predicted molar refractivity (Wildman–Crippen MR) is 70.5 cm³/mol. The Morgan fingerprint density at radius 2 is 1.82 bits per heavy atom. The van der Waals surface area contributed by atoms with Gasteiger partial charge in [-0.2, -0.15) is 4.31 Å². The molecule has 0 N–H and O–H groups in total. The van der Waals surface area contributed by atoms with Gasteiger partial charge in [0.15, 0.2) is 0 Å². The molecule has 0 unspecified atom stereocenters. The first-order chi connectivity index (χ1) is 7.89. The smallest absolute Gasteiger partial charge is 0.207 e. The minimum Gasteiger partial charge on any atom is -0.207 e. The summed E-state index contributed by atoms with van der Waals surface area (Å²) in [6, 6.07) is 7.03. The number of nitrogens with zero attached hydrogens (tertiary/aromatic N) is 1. The normalized spacial score (nSPS) is 12.1. The third-order valence-corrected chi connectivity index (χ3v) is 4.48. The van der Waals surface area contributed by atoms with E-state index in [1.807, 2.05) is 12.1 Å². The van der Waals surface area contributed by atoms with Crippen LogP contribution in [0, 0.1) is 0 Å². The zero-order chi connectivity index (χ0) is 13.1. The maximum Gasteiger partial charge on any atom is 0.243 e. The molecule has 0 aliphatic heterocycles. The van der Waals surface area contributed by atoms with Crippen LogP contribution in [0.2, 0.25) is 0 Å². The average molecular weight is 253 g/mol. The first-order valence-electron chi connectivity index (χ1n) is 5.56. The Labute approximate surface area is 104 Å². The van der Waals surface area contributed by atoms with Crippen LogP contribution >= 0.6 is 0 Å². The van der Waals surface area contributed by atoms with Crippen molar-refractivity contribution in [3.8, 4) is 0 Å². The van der Waals surface area contributed by atoms with Crippen LogP contribution in [-0.2, 0) is 10.0 Å². The summed E-state index contributed by atoms with van der Waals surface area (Å²) in [5.74, 6) is 0.401. The summed E-state index contributed by atoms with van der Waals surface area (Å²) in [6.45, 7) is 8.01. The number of hydrogen-bond acceptors (Lipinski definition) is 2. The van der Waals surface area contributed by atoms with Crippen molar-refractivity contribution in [1.29, 1.82) is 0 Å². The van der Waals surface area contributed by atoms with Gasteiger partial charge in [-0.05, 0) is 23.6 Å². The molecule has 0 aromatic heterocycles. The minimum absolute atomic E-state index is 0.314. The van der Waals surface area contributed by atoms with Crippen molar-refractivity contribution in [2.45, 2.75) is 24.7 Å². The number of rotatable bonds is 5. The van der Waals surface area contributed by atoms with Gasteiger partial charge in [-0.15, -0.1) is 6.58 Å². The van der Waals surface area contributed by atoms with Crippen LogP contribution in [0.1, 0.15) is 25.3 Å². The Morgan fingerprint density at radius 3 is 2.24 bits per heavy atom. The molecule has 1 rings (SSSR count). The van der Waals surface area contributed by atoms with Crippen LogP contribution in [-0.4, -0.2) is 26.3 Å². The van der Waals surface area contributed by atoms with E-state index < -0.39 is 10.0 Å². The summed E-state index contributed by atoms with van der Waals surface area (Å²) in [7, 11) is -1.83. The fourth-order valence-corrected chi connectivity index (χ4v) is 2.63. The average Bonchev–Trinajstić information content (AvgIpc) is 2.29. The zero-order valence-electron chi connectivity index (χ0n) is 10.6. The van der Waals surface area contributed by atoms with E-state index in [4.69, 9.17) is 0 Å². The number of likely N-dealkylation sites (N-methyl/N-ethyl adjacent to an activating group) is 1. The standard InChI is InChI=1S/C13H19NO2S/c1-5-10-14(4)17(15,16)13-8-6-12(7-9-13)11(2)3/h5-9,11H,1,10H2,2-4H3. The fourth-order valence-electron chi connectivity index (χ4n) is 1.48. The monoisotopic (exact) mass is 253 g/mol. The molecule has 0 saturated heterocycles. The zero-order valence-corrected chi connectivity index (χ0v) is 11.4. The van der Waals surface area contributed by atoms with Crippen molar-refractivity contribution < 1.29 is 8.42 Å². The Bertz CT molecular complexity index is 475. The van der Waals surface area contributed by atoms with E-state index >= 15 is 0 Å². The van der Waals surface area contributed by atoms with Gasteiger partial charge >= 0.3 is 0 Å². The molecule has 0 atom stereocenters. The molecule has 0 amide bonds. The lowest BCUT2D eigenvalue weighted by Crippen LogP contribution is -2.26. The van der Waals surface area contributed by atoms with Crippen LogP contribution in [0.25, 0.3) is 0 Å². The molecule has 4 heteroatoms. The summed E-state index contributed by atoms with van der Waals surface area (Å²) in [5.41, 5.74) is 1.13. The van der Waals surface area contributed by atoms with Crippen molar-refractivity contribution in [3.05, 3.63) is 42.5 Å². The van der Waals surface area contributed by atoms with E-state index in [1.54, 1.807) is 25.3 Å². The highest BCUT2D eigenvalue weighted by Crippen LogP contribution is 2.19. The Hall–Kier alpha value is -1.13. The summed E-state index contributed by atoms with van der Waals surface area (Å²) >= 11 is 0. The molecule has 1 aromatic rings. The highest BCUT2D eigenvalue weighted by Gasteiger charge is 2.19. The van der Waals surface area contributed by atoms with Crippen LogP contribution in [0.3, 0.4) is 0 Å². The predicted octanol–water partition coefficient (Wildman–Crippen LogP) is 2.62. The molecule has 0 aliphatic carbocycles. The van der Waals surface area contributed by atoms with E-state index in [2.05, 4.69) is 20.4 Å². The van der Waals surface area contributed by atoms with Gasteiger partial charge in [0.05, 0.1) is 4.90 Å². The van der Waals surface area contributed by atoms with Crippen molar-refractivity contribution in [3.63, 3.8) is 0 Å². The third-order valence-electron chi connectivity index (χ3n) is 2.64. The molecular weight excluding hydrogens is 234 g/mol. The van der Waals surface area contributed by atoms with Crippen LogP contribution in [0.15, 0.2) is 41.8 Å². The molecule has 0 spiro atoms. The first kappa shape index (κ1) is 13.9. The van der Waals surface area contributed by atoms with Crippen LogP contribution in [0.5, 0.6) is 0 Å². The van der Waals surface area contributed by atoms with E-state index in [1.165, 1.54) is 4.31 Å². The van der Waals surface area contributed by atoms with Crippen molar-refractivity contribution >= 4 is 10.0 Å². The van der Waals surface area contributed by atoms with Gasteiger partial charge < -0.3 is 0 Å². The SMILES string of the molecule is C=CCN(C)S(=O)(=O)c1ccc(C(C)C)cc1. The fraction of sp³-hybridized carbons (Fsp3) is 0.385. The van der Waals surface area contributed by atoms with Crippen molar-refractivity contribution in [2.24, 2.45) is 0 Å². The largest absolute Gasteiger partial charge is 0.243 e. The van der Waals surface area contributed by atoms with Gasteiger partial charge in [-0.25, -0.2) is 8.42 Å². The quantitative estimate of drug-likeness (QED) is 0.756. The summed E-state index contributed by atoms with van der Waals surface area (Å²) in [5, 5.41) is 0. The van der Waals surface area contributed by atoms with E-state index in [9.17, 15) is 8.42 Å². The lowest BCUT2D eigenvalue weighted by atomic mass is 10.0. The lowest BCUT2D eigenvalue weighted by Gasteiger charge is -2.15. The van der Waals surface area contributed by atoms with E-state index in [0.717, 1.165) is 5.56 Å². The van der Waals surface area contributed by atoms with E-state index in [0.29, 0.717) is 17.4 Å². The molecule has 0 bridgehead atoms. The maximum absolute atomic E-state index is 12.1. The lowest BCUT2D eigenvalue weighted by molar-refractivity contribution is 0.499. The molecule has 3 nitrogen and oxygen atoms in total. The highest BCUT2D eigenvalue weighted by atomic mass is 32.2. The molecule has 0 heterocycles. The van der Waals surface area contributed by atoms with Gasteiger partial charge in [0.2, 0.25) is 10.0 Å². The number of sulfonamides is 1. The topological polar surface area (TPSA) is 37.4 Å². The first-order valence-corrected chi connectivity index (χ1v) is 7.00. The second kappa shape index (κ2) is 5.47. The van der Waals surface area contributed by atoms with Gasteiger partial charge in [-0.3, -0.25) is 0 Å². The van der Waals surface area contributed by atoms with Crippen molar-refractivity contribution in [1.82, 2.24) is 4.31 Å². The van der Waals surface area contributed by atoms with Crippen LogP contribution < -0.4 is 0 Å². The second-order valence-electron chi connectivity index (χ2n) is 4.30. The van der Waals surface area contributed by atoms with Gasteiger partial charge in [-0.1, -0.05) is 32.1 Å². The van der Waals surface area contributed by atoms with Gasteiger partial charge in [0.1, 0.15) is 0 Å². The van der Waals surface area contributed by atoms with Gasteiger partial charge in [0, 0.05) is 13.6 Å². The maximum atomic E-state index is 12.1. The molecule has 17 heavy (non-hydrogen) atoms. The molecule has 0 fully saturated rings. The Morgan fingerprint density at radius 1 is 1.29 bits per heavy atom. The second-order valence-corrected chi connectivity index (χ2v) is 6.34. The summed E-state index contributed by atoms with van der Waals surface area (Å²) in [6.07, 6.45) is 1.57. The van der Waals surface area contributed by atoms with Crippen LogP contribution in [0.4, 0.5) is 0 Å². The number of benzene rings is 1. The Kier molecular flexibility index (Phi) is 4.48. The van der Waals surface area contributed by atoms with E-state index in [-0.39, 0.29) is 0 Å². The summed E-state index contributed by atoms with van der Waals surface area (Å²) in [4.78, 5) is 0.325. The molecule has 94 valence electrons. The Balaban J connectivity index is 3.04.